The molecule has 0 radical (unpaired) electrons. The first-order chi connectivity index (χ1) is 13.7. The molecule has 0 aromatic heterocycles. The van der Waals surface area contributed by atoms with Crippen molar-refractivity contribution in [2.45, 2.75) is 6.61 Å². The topological polar surface area (TPSA) is 80.6 Å². The predicted octanol–water partition coefficient (Wildman–Crippen LogP) is 4.12. The molecule has 138 valence electrons. The summed E-state index contributed by atoms with van der Waals surface area (Å²) < 4.78 is 16.5. The molecule has 1 N–H and O–H groups in total. The first-order valence-corrected chi connectivity index (χ1v) is 8.65. The van der Waals surface area contributed by atoms with Crippen LogP contribution in [0.15, 0.2) is 66.7 Å². The number of fused-ring (bicyclic) bond motifs is 1. The zero-order valence-corrected chi connectivity index (χ0v) is 14.8. The fraction of sp³-hybridized carbons (Fsp3) is 0.0909. The Morgan fingerprint density at radius 3 is 2.82 bits per heavy atom. The lowest BCUT2D eigenvalue weighted by molar-refractivity contribution is 0.102. The average Bonchev–Trinajstić information content (AvgIpc) is 3.21. The second-order valence-electron chi connectivity index (χ2n) is 6.12. The van der Waals surface area contributed by atoms with Crippen molar-refractivity contribution in [2.24, 2.45) is 0 Å². The maximum absolute atomic E-state index is 12.6. The number of anilines is 1. The summed E-state index contributed by atoms with van der Waals surface area (Å²) in [5.74, 6) is 1.33. The van der Waals surface area contributed by atoms with Gasteiger partial charge in [0.05, 0.1) is 17.2 Å². The number of para-hydroxylation sites is 1. The molecule has 0 spiro atoms. The molecule has 3 aromatic rings. The number of rotatable bonds is 5. The Bertz CT molecular complexity index is 1070. The standard InChI is InChI=1S/C22H16N2O4/c23-12-15-4-1-5-16(10-15)13-26-18-7-2-6-17(11-18)24-22(25)19-8-3-9-20-21(19)28-14-27-20/h1-11H,13-14H2,(H,24,25). The molecule has 1 aliphatic rings. The Labute approximate surface area is 161 Å². The van der Waals surface area contributed by atoms with Crippen molar-refractivity contribution >= 4 is 11.6 Å². The van der Waals surface area contributed by atoms with Crippen molar-refractivity contribution in [3.63, 3.8) is 0 Å². The Hall–Kier alpha value is -3.98. The summed E-state index contributed by atoms with van der Waals surface area (Å²) in [7, 11) is 0. The molecule has 0 bridgehead atoms. The van der Waals surface area contributed by atoms with E-state index in [1.54, 1.807) is 54.6 Å². The average molecular weight is 372 g/mol. The zero-order valence-electron chi connectivity index (χ0n) is 14.8. The molecular formula is C22H16N2O4. The van der Waals surface area contributed by atoms with Gasteiger partial charge in [-0.15, -0.1) is 0 Å². The van der Waals surface area contributed by atoms with Crippen LogP contribution in [0.4, 0.5) is 5.69 Å². The van der Waals surface area contributed by atoms with E-state index in [2.05, 4.69) is 11.4 Å². The highest BCUT2D eigenvalue weighted by Crippen LogP contribution is 2.35. The maximum atomic E-state index is 12.6. The number of carbonyl (C=O) groups excluding carboxylic acids is 1. The van der Waals surface area contributed by atoms with Gasteiger partial charge in [0, 0.05) is 11.8 Å². The zero-order chi connectivity index (χ0) is 19.3. The Morgan fingerprint density at radius 1 is 1.07 bits per heavy atom. The van der Waals surface area contributed by atoms with Crippen molar-refractivity contribution in [1.82, 2.24) is 0 Å². The molecule has 1 heterocycles. The van der Waals surface area contributed by atoms with Gasteiger partial charge in [0.25, 0.3) is 5.91 Å². The highest BCUT2D eigenvalue weighted by atomic mass is 16.7. The van der Waals surface area contributed by atoms with Crippen LogP contribution in [0.5, 0.6) is 17.2 Å². The minimum Gasteiger partial charge on any atom is -0.489 e. The molecule has 4 rings (SSSR count). The molecule has 1 amide bonds. The molecule has 28 heavy (non-hydrogen) atoms. The van der Waals surface area contributed by atoms with E-state index in [0.29, 0.717) is 40.7 Å². The van der Waals surface area contributed by atoms with Crippen molar-refractivity contribution in [2.75, 3.05) is 12.1 Å². The third-order valence-corrected chi connectivity index (χ3v) is 4.19. The molecular weight excluding hydrogens is 356 g/mol. The second kappa shape index (κ2) is 7.72. The van der Waals surface area contributed by atoms with Crippen LogP contribution < -0.4 is 19.5 Å². The third-order valence-electron chi connectivity index (χ3n) is 4.19. The van der Waals surface area contributed by atoms with Crippen LogP contribution >= 0.6 is 0 Å². The van der Waals surface area contributed by atoms with E-state index in [9.17, 15) is 4.79 Å². The molecule has 0 aliphatic carbocycles. The lowest BCUT2D eigenvalue weighted by Gasteiger charge is -2.10. The number of nitrogens with one attached hydrogen (secondary N) is 1. The third kappa shape index (κ3) is 3.74. The van der Waals surface area contributed by atoms with E-state index in [1.807, 2.05) is 12.1 Å². The number of nitriles is 1. The minimum atomic E-state index is -0.291. The summed E-state index contributed by atoms with van der Waals surface area (Å²) in [5.41, 5.74) is 2.49. The normalized spacial score (nSPS) is 11.5. The molecule has 0 fully saturated rings. The van der Waals surface area contributed by atoms with Crippen LogP contribution in [0, 0.1) is 11.3 Å². The quantitative estimate of drug-likeness (QED) is 0.729. The molecule has 0 saturated heterocycles. The summed E-state index contributed by atoms with van der Waals surface area (Å²) in [6.45, 7) is 0.431. The van der Waals surface area contributed by atoms with Gasteiger partial charge in [-0.3, -0.25) is 4.79 Å². The lowest BCUT2D eigenvalue weighted by atomic mass is 10.1. The number of benzene rings is 3. The van der Waals surface area contributed by atoms with Crippen LogP contribution in [-0.4, -0.2) is 12.7 Å². The maximum Gasteiger partial charge on any atom is 0.259 e. The minimum absolute atomic E-state index is 0.107. The number of amides is 1. The van der Waals surface area contributed by atoms with Crippen LogP contribution in [-0.2, 0) is 6.61 Å². The summed E-state index contributed by atoms with van der Waals surface area (Å²) in [4.78, 5) is 12.6. The van der Waals surface area contributed by atoms with Gasteiger partial charge in [-0.1, -0.05) is 24.3 Å². The molecule has 6 nitrogen and oxygen atoms in total. The van der Waals surface area contributed by atoms with Gasteiger partial charge in [-0.25, -0.2) is 0 Å². The van der Waals surface area contributed by atoms with Gasteiger partial charge in [0.1, 0.15) is 12.4 Å². The Balaban J connectivity index is 1.45. The fourth-order valence-corrected chi connectivity index (χ4v) is 2.87. The number of nitrogens with zero attached hydrogens (tertiary/aromatic N) is 1. The van der Waals surface area contributed by atoms with E-state index in [1.165, 1.54) is 0 Å². The van der Waals surface area contributed by atoms with Gasteiger partial charge < -0.3 is 19.5 Å². The van der Waals surface area contributed by atoms with Crippen molar-refractivity contribution in [3.05, 3.63) is 83.4 Å². The number of carbonyl (C=O) groups is 1. The van der Waals surface area contributed by atoms with Gasteiger partial charge in [-0.2, -0.15) is 5.26 Å². The number of ether oxygens (including phenoxy) is 3. The molecule has 6 heteroatoms. The first kappa shape index (κ1) is 17.4. The number of hydrogen-bond acceptors (Lipinski definition) is 5. The monoisotopic (exact) mass is 372 g/mol. The van der Waals surface area contributed by atoms with Crippen molar-refractivity contribution in [1.29, 1.82) is 5.26 Å². The van der Waals surface area contributed by atoms with Crippen LogP contribution in [0.2, 0.25) is 0 Å². The highest BCUT2D eigenvalue weighted by molar-refractivity contribution is 6.06. The van der Waals surface area contributed by atoms with E-state index in [0.717, 1.165) is 5.56 Å². The first-order valence-electron chi connectivity index (χ1n) is 8.65. The van der Waals surface area contributed by atoms with Gasteiger partial charge in [-0.05, 0) is 42.0 Å². The van der Waals surface area contributed by atoms with Crippen LogP contribution in [0.1, 0.15) is 21.5 Å². The summed E-state index contributed by atoms with van der Waals surface area (Å²) in [6.07, 6.45) is 0. The fourth-order valence-electron chi connectivity index (χ4n) is 2.87. The summed E-state index contributed by atoms with van der Waals surface area (Å²) in [5, 5.41) is 11.8. The predicted molar refractivity (Wildman–Crippen MR) is 102 cm³/mol. The van der Waals surface area contributed by atoms with Gasteiger partial charge in [0.15, 0.2) is 11.5 Å². The van der Waals surface area contributed by atoms with Gasteiger partial charge >= 0.3 is 0 Å². The Kier molecular flexibility index (Phi) is 4.81. The van der Waals surface area contributed by atoms with E-state index in [-0.39, 0.29) is 12.7 Å². The summed E-state index contributed by atoms with van der Waals surface area (Å²) >= 11 is 0. The smallest absolute Gasteiger partial charge is 0.259 e. The molecule has 0 saturated carbocycles. The molecule has 3 aromatic carbocycles. The van der Waals surface area contributed by atoms with Crippen molar-refractivity contribution < 1.29 is 19.0 Å². The van der Waals surface area contributed by atoms with E-state index in [4.69, 9.17) is 19.5 Å². The van der Waals surface area contributed by atoms with Gasteiger partial charge in [0.2, 0.25) is 6.79 Å². The van der Waals surface area contributed by atoms with E-state index < -0.39 is 0 Å². The molecule has 0 atom stereocenters. The Morgan fingerprint density at radius 2 is 1.93 bits per heavy atom. The molecule has 1 aliphatic heterocycles. The second-order valence-corrected chi connectivity index (χ2v) is 6.12. The highest BCUT2D eigenvalue weighted by Gasteiger charge is 2.21. The molecule has 0 unspecified atom stereocenters. The largest absolute Gasteiger partial charge is 0.489 e. The van der Waals surface area contributed by atoms with Crippen LogP contribution in [0.3, 0.4) is 0 Å². The lowest BCUT2D eigenvalue weighted by Crippen LogP contribution is -2.12. The number of hydrogen-bond donors (Lipinski definition) is 1. The summed E-state index contributed by atoms with van der Waals surface area (Å²) in [6, 6.07) is 21.7. The van der Waals surface area contributed by atoms with Crippen LogP contribution in [0.25, 0.3) is 0 Å². The SMILES string of the molecule is N#Cc1cccc(COc2cccc(NC(=O)c3cccc4c3OCO4)c2)c1. The van der Waals surface area contributed by atoms with E-state index >= 15 is 0 Å². The van der Waals surface area contributed by atoms with Crippen molar-refractivity contribution in [3.8, 4) is 23.3 Å².